The van der Waals surface area contributed by atoms with E-state index in [1.807, 2.05) is 0 Å². The Morgan fingerprint density at radius 3 is 2.29 bits per heavy atom. The van der Waals surface area contributed by atoms with Crippen LogP contribution in [0.2, 0.25) is 0 Å². The number of esters is 1. The van der Waals surface area contributed by atoms with E-state index >= 15 is 0 Å². The summed E-state index contributed by atoms with van der Waals surface area (Å²) in [5.74, 6) is -1.18. The van der Waals surface area contributed by atoms with E-state index in [-0.39, 0.29) is 5.56 Å². The Labute approximate surface area is 141 Å². The summed E-state index contributed by atoms with van der Waals surface area (Å²) in [7, 11) is 1.22. The second-order valence-electron chi connectivity index (χ2n) is 7.04. The number of methoxy groups -OCH3 is 1. The SMILES string of the molecule is COC(=O)C(N)C(C)(C)c1cc(NC(=O)OC(C)(C)C)ccc1F. The number of rotatable bonds is 4. The van der Waals surface area contributed by atoms with Gasteiger partial charge >= 0.3 is 12.1 Å². The molecule has 0 heterocycles. The predicted octanol–water partition coefficient (Wildman–Crippen LogP) is 2.95. The van der Waals surface area contributed by atoms with Gasteiger partial charge < -0.3 is 15.2 Å². The van der Waals surface area contributed by atoms with Crippen LogP contribution >= 0.6 is 0 Å². The average Bonchev–Trinajstić information content (AvgIpc) is 2.45. The van der Waals surface area contributed by atoms with Gasteiger partial charge in [0.25, 0.3) is 0 Å². The lowest BCUT2D eigenvalue weighted by atomic mass is 9.77. The number of hydrogen-bond donors (Lipinski definition) is 2. The van der Waals surface area contributed by atoms with Crippen molar-refractivity contribution in [3.63, 3.8) is 0 Å². The topological polar surface area (TPSA) is 90.6 Å². The van der Waals surface area contributed by atoms with E-state index in [0.717, 1.165) is 0 Å². The van der Waals surface area contributed by atoms with Crippen LogP contribution in [0.1, 0.15) is 40.2 Å². The fourth-order valence-electron chi connectivity index (χ4n) is 2.11. The summed E-state index contributed by atoms with van der Waals surface area (Å²) < 4.78 is 24.0. The maximum Gasteiger partial charge on any atom is 0.412 e. The van der Waals surface area contributed by atoms with Gasteiger partial charge in [-0.05, 0) is 44.5 Å². The van der Waals surface area contributed by atoms with E-state index in [9.17, 15) is 14.0 Å². The zero-order valence-corrected chi connectivity index (χ0v) is 14.9. The van der Waals surface area contributed by atoms with Crippen LogP contribution in [0.25, 0.3) is 0 Å². The first-order chi connectivity index (χ1) is 10.9. The monoisotopic (exact) mass is 340 g/mol. The lowest BCUT2D eigenvalue weighted by Gasteiger charge is -2.31. The number of nitrogens with one attached hydrogen (secondary N) is 1. The quantitative estimate of drug-likeness (QED) is 0.822. The van der Waals surface area contributed by atoms with Crippen LogP contribution in [-0.4, -0.2) is 30.8 Å². The molecule has 1 unspecified atom stereocenters. The number of hydrogen-bond acceptors (Lipinski definition) is 5. The third kappa shape index (κ3) is 4.92. The molecule has 0 saturated heterocycles. The lowest BCUT2D eigenvalue weighted by molar-refractivity contribution is -0.143. The van der Waals surface area contributed by atoms with E-state index in [4.69, 9.17) is 10.5 Å². The van der Waals surface area contributed by atoms with Crippen LogP contribution in [0.4, 0.5) is 14.9 Å². The molecule has 0 aliphatic carbocycles. The smallest absolute Gasteiger partial charge is 0.412 e. The van der Waals surface area contributed by atoms with Crippen molar-refractivity contribution in [2.24, 2.45) is 5.73 Å². The Morgan fingerprint density at radius 2 is 1.79 bits per heavy atom. The minimum atomic E-state index is -1.06. The van der Waals surface area contributed by atoms with Gasteiger partial charge in [-0.3, -0.25) is 10.1 Å². The third-order valence-electron chi connectivity index (χ3n) is 3.54. The van der Waals surface area contributed by atoms with Crippen molar-refractivity contribution in [1.29, 1.82) is 0 Å². The molecule has 1 rings (SSSR count). The summed E-state index contributed by atoms with van der Waals surface area (Å²) in [4.78, 5) is 23.5. The molecule has 3 N–H and O–H groups in total. The average molecular weight is 340 g/mol. The molecule has 0 bridgehead atoms. The number of nitrogens with two attached hydrogens (primary N) is 1. The number of ether oxygens (including phenoxy) is 2. The minimum absolute atomic E-state index is 0.189. The van der Waals surface area contributed by atoms with Crippen molar-refractivity contribution in [1.82, 2.24) is 0 Å². The molecule has 0 aromatic heterocycles. The molecule has 1 atom stereocenters. The van der Waals surface area contributed by atoms with Gasteiger partial charge in [0.05, 0.1) is 7.11 Å². The van der Waals surface area contributed by atoms with Gasteiger partial charge in [-0.1, -0.05) is 13.8 Å². The van der Waals surface area contributed by atoms with E-state index < -0.39 is 34.9 Å². The second-order valence-corrected chi connectivity index (χ2v) is 7.04. The fraction of sp³-hybridized carbons (Fsp3) is 0.529. The van der Waals surface area contributed by atoms with Crippen LogP contribution in [0.3, 0.4) is 0 Å². The predicted molar refractivity (Wildman–Crippen MR) is 89.3 cm³/mol. The number of carbonyl (C=O) groups is 2. The molecule has 7 heteroatoms. The van der Waals surface area contributed by atoms with Crippen molar-refractivity contribution in [2.75, 3.05) is 12.4 Å². The molecule has 1 amide bonds. The molecule has 24 heavy (non-hydrogen) atoms. The van der Waals surface area contributed by atoms with Gasteiger partial charge in [0.1, 0.15) is 17.5 Å². The number of benzene rings is 1. The van der Waals surface area contributed by atoms with Crippen LogP contribution < -0.4 is 11.1 Å². The molecule has 0 aliphatic rings. The summed E-state index contributed by atoms with van der Waals surface area (Å²) in [5.41, 5.74) is 4.72. The summed E-state index contributed by atoms with van der Waals surface area (Å²) in [6.45, 7) is 8.47. The Kier molecular flexibility index (Phi) is 5.94. The normalized spacial score (nSPS) is 13.2. The molecule has 1 aromatic rings. The molecule has 134 valence electrons. The van der Waals surface area contributed by atoms with E-state index in [1.54, 1.807) is 34.6 Å². The number of halogens is 1. The fourth-order valence-corrected chi connectivity index (χ4v) is 2.11. The zero-order valence-electron chi connectivity index (χ0n) is 14.9. The standard InChI is InChI=1S/C17H25FN2O4/c1-16(2,3)24-15(22)20-10-7-8-12(18)11(9-10)17(4,5)13(19)14(21)23-6/h7-9,13H,19H2,1-6H3,(H,20,22). The van der Waals surface area contributed by atoms with Crippen LogP contribution in [-0.2, 0) is 19.7 Å². The first-order valence-corrected chi connectivity index (χ1v) is 7.52. The van der Waals surface area contributed by atoms with Crippen molar-refractivity contribution in [3.05, 3.63) is 29.6 Å². The summed E-state index contributed by atoms with van der Waals surface area (Å²) in [6.07, 6.45) is -0.657. The Hall–Kier alpha value is -2.15. The van der Waals surface area contributed by atoms with Crippen molar-refractivity contribution in [2.45, 2.75) is 51.7 Å². The molecule has 0 saturated carbocycles. The summed E-state index contributed by atoms with van der Waals surface area (Å²) >= 11 is 0. The highest BCUT2D eigenvalue weighted by molar-refractivity contribution is 5.85. The summed E-state index contributed by atoms with van der Waals surface area (Å²) in [5, 5.41) is 2.54. The van der Waals surface area contributed by atoms with Gasteiger partial charge in [0.2, 0.25) is 0 Å². The molecular weight excluding hydrogens is 315 g/mol. The number of amides is 1. The van der Waals surface area contributed by atoms with Crippen molar-refractivity contribution in [3.8, 4) is 0 Å². The van der Waals surface area contributed by atoms with Gasteiger partial charge in [0.15, 0.2) is 0 Å². The molecule has 0 spiro atoms. The zero-order chi connectivity index (χ0) is 18.7. The third-order valence-corrected chi connectivity index (χ3v) is 3.54. The molecule has 6 nitrogen and oxygen atoms in total. The van der Waals surface area contributed by atoms with Gasteiger partial charge in [0, 0.05) is 11.1 Å². The first kappa shape index (κ1) is 19.9. The Morgan fingerprint density at radius 1 is 1.21 bits per heavy atom. The van der Waals surface area contributed by atoms with Crippen LogP contribution in [0.15, 0.2) is 18.2 Å². The second kappa shape index (κ2) is 7.17. The number of carbonyl (C=O) groups excluding carboxylic acids is 2. The Bertz CT molecular complexity index is 624. The van der Waals surface area contributed by atoms with Gasteiger partial charge in [-0.15, -0.1) is 0 Å². The maximum atomic E-state index is 14.2. The van der Waals surface area contributed by atoms with Gasteiger partial charge in [-0.25, -0.2) is 9.18 Å². The van der Waals surface area contributed by atoms with Crippen molar-refractivity contribution < 1.29 is 23.5 Å². The highest BCUT2D eigenvalue weighted by Crippen LogP contribution is 2.31. The number of anilines is 1. The van der Waals surface area contributed by atoms with E-state index in [1.165, 1.54) is 25.3 Å². The highest BCUT2D eigenvalue weighted by atomic mass is 19.1. The Balaban J connectivity index is 3.10. The maximum absolute atomic E-state index is 14.2. The van der Waals surface area contributed by atoms with Crippen molar-refractivity contribution >= 4 is 17.7 Å². The van der Waals surface area contributed by atoms with E-state index in [2.05, 4.69) is 10.1 Å². The molecule has 1 aromatic carbocycles. The molecule has 0 radical (unpaired) electrons. The summed E-state index contributed by atoms with van der Waals surface area (Å²) in [6, 6.07) is 2.98. The highest BCUT2D eigenvalue weighted by Gasteiger charge is 2.36. The first-order valence-electron chi connectivity index (χ1n) is 7.52. The minimum Gasteiger partial charge on any atom is -0.468 e. The largest absolute Gasteiger partial charge is 0.468 e. The lowest BCUT2D eigenvalue weighted by Crippen LogP contribution is -2.48. The molecule has 0 fully saturated rings. The van der Waals surface area contributed by atoms with E-state index in [0.29, 0.717) is 5.69 Å². The molecule has 0 aliphatic heterocycles. The molecular formula is C17H25FN2O4. The van der Waals surface area contributed by atoms with Crippen LogP contribution in [0.5, 0.6) is 0 Å². The van der Waals surface area contributed by atoms with Crippen LogP contribution in [0, 0.1) is 5.82 Å². The van der Waals surface area contributed by atoms with Gasteiger partial charge in [-0.2, -0.15) is 0 Å².